The average Bonchev–Trinajstić information content (AvgIpc) is 3.22. The van der Waals surface area contributed by atoms with Crippen LogP contribution in [-0.4, -0.2) is 40.2 Å². The molecule has 2 aromatic heterocycles. The molecule has 0 radical (unpaired) electrons. The lowest BCUT2D eigenvalue weighted by Crippen LogP contribution is -2.27. The standard InChI is InChI=1S/C22H18F3N3O3/c23-22(24,25)16-6-7-19(26-12-16)31-17-8-9-28(13-17)20-18(21(29)30)10-15(11-27-20)14-4-2-1-3-5-14/h1-7,10-12,17H,8-9,13H2,(H,29,30)/t17-/m0/s1. The number of rotatable bonds is 5. The van der Waals surface area contributed by atoms with E-state index in [2.05, 4.69) is 9.97 Å². The molecule has 1 aliphatic heterocycles. The average molecular weight is 429 g/mol. The third-order valence-corrected chi connectivity index (χ3v) is 5.00. The molecule has 9 heteroatoms. The first-order valence-electron chi connectivity index (χ1n) is 9.55. The maximum atomic E-state index is 12.7. The molecule has 3 aromatic rings. The highest BCUT2D eigenvalue weighted by Gasteiger charge is 2.32. The van der Waals surface area contributed by atoms with Gasteiger partial charge in [0.15, 0.2) is 0 Å². The summed E-state index contributed by atoms with van der Waals surface area (Å²) >= 11 is 0. The molecule has 6 nitrogen and oxygen atoms in total. The van der Waals surface area contributed by atoms with Gasteiger partial charge in [0, 0.05) is 37.0 Å². The van der Waals surface area contributed by atoms with Crippen molar-refractivity contribution in [2.75, 3.05) is 18.0 Å². The van der Waals surface area contributed by atoms with Crippen LogP contribution in [0.25, 0.3) is 11.1 Å². The quantitative estimate of drug-likeness (QED) is 0.643. The molecular formula is C22H18F3N3O3. The van der Waals surface area contributed by atoms with E-state index in [1.165, 1.54) is 6.07 Å². The zero-order valence-corrected chi connectivity index (χ0v) is 16.2. The molecule has 0 spiro atoms. The number of hydrogen-bond donors (Lipinski definition) is 1. The number of carboxylic acid groups (broad SMARTS) is 1. The molecule has 0 unspecified atom stereocenters. The molecule has 3 heterocycles. The van der Waals surface area contributed by atoms with Crippen molar-refractivity contribution >= 4 is 11.8 Å². The second kappa shape index (κ2) is 8.25. The topological polar surface area (TPSA) is 75.5 Å². The summed E-state index contributed by atoms with van der Waals surface area (Å²) < 4.78 is 43.7. The van der Waals surface area contributed by atoms with E-state index in [0.717, 1.165) is 17.8 Å². The zero-order chi connectivity index (χ0) is 22.0. The first-order chi connectivity index (χ1) is 14.8. The largest absolute Gasteiger partial charge is 0.478 e. The van der Waals surface area contributed by atoms with Crippen LogP contribution >= 0.6 is 0 Å². The van der Waals surface area contributed by atoms with E-state index < -0.39 is 17.7 Å². The molecule has 4 rings (SSSR count). The second-order valence-corrected chi connectivity index (χ2v) is 7.12. The number of benzene rings is 1. The molecule has 0 saturated carbocycles. The molecular weight excluding hydrogens is 411 g/mol. The Bertz CT molecular complexity index is 1070. The highest BCUT2D eigenvalue weighted by atomic mass is 19.4. The van der Waals surface area contributed by atoms with Crippen LogP contribution in [0, 0.1) is 0 Å². The highest BCUT2D eigenvalue weighted by molar-refractivity contribution is 5.95. The number of nitrogens with zero attached hydrogens (tertiary/aromatic N) is 3. The molecule has 1 atom stereocenters. The number of alkyl halides is 3. The minimum Gasteiger partial charge on any atom is -0.478 e. The maximum Gasteiger partial charge on any atom is 0.417 e. The predicted octanol–water partition coefficient (Wildman–Crippen LogP) is 4.52. The Balaban J connectivity index is 1.49. The van der Waals surface area contributed by atoms with E-state index in [1.807, 2.05) is 30.3 Å². The SMILES string of the molecule is O=C(O)c1cc(-c2ccccc2)cnc1N1CC[C@H](Oc2ccc(C(F)(F)F)cn2)C1. The fourth-order valence-corrected chi connectivity index (χ4v) is 3.46. The number of carboxylic acids is 1. The number of pyridine rings is 2. The van der Waals surface area contributed by atoms with Gasteiger partial charge >= 0.3 is 12.1 Å². The van der Waals surface area contributed by atoms with Gasteiger partial charge in [0.2, 0.25) is 5.88 Å². The first kappa shape index (κ1) is 20.6. The van der Waals surface area contributed by atoms with Gasteiger partial charge < -0.3 is 14.7 Å². The molecule has 0 amide bonds. The molecule has 1 aromatic carbocycles. The minimum atomic E-state index is -4.46. The molecule has 0 aliphatic carbocycles. The van der Waals surface area contributed by atoms with Crippen molar-refractivity contribution in [3.63, 3.8) is 0 Å². The van der Waals surface area contributed by atoms with Crippen LogP contribution < -0.4 is 9.64 Å². The van der Waals surface area contributed by atoms with Crippen molar-refractivity contribution in [3.05, 3.63) is 72.1 Å². The van der Waals surface area contributed by atoms with Gasteiger partial charge in [0.1, 0.15) is 17.5 Å². The van der Waals surface area contributed by atoms with Gasteiger partial charge in [-0.1, -0.05) is 30.3 Å². The third-order valence-electron chi connectivity index (χ3n) is 5.00. The molecule has 160 valence electrons. The normalized spacial score (nSPS) is 16.4. The number of carbonyl (C=O) groups is 1. The van der Waals surface area contributed by atoms with Gasteiger partial charge in [-0.3, -0.25) is 0 Å². The molecule has 1 saturated heterocycles. The number of halogens is 3. The van der Waals surface area contributed by atoms with Crippen LogP contribution in [0.2, 0.25) is 0 Å². The van der Waals surface area contributed by atoms with E-state index in [1.54, 1.807) is 17.2 Å². The van der Waals surface area contributed by atoms with Gasteiger partial charge in [0.05, 0.1) is 12.1 Å². The van der Waals surface area contributed by atoms with Gasteiger partial charge in [-0.05, 0) is 17.7 Å². The summed E-state index contributed by atoms with van der Waals surface area (Å²) in [5.74, 6) is -0.668. The smallest absolute Gasteiger partial charge is 0.417 e. The Hall–Kier alpha value is -3.62. The van der Waals surface area contributed by atoms with Gasteiger partial charge in [-0.2, -0.15) is 13.2 Å². The van der Waals surface area contributed by atoms with E-state index in [4.69, 9.17) is 4.74 Å². The van der Waals surface area contributed by atoms with Crippen LogP contribution in [-0.2, 0) is 6.18 Å². The lowest BCUT2D eigenvalue weighted by Gasteiger charge is -2.20. The number of aromatic nitrogens is 2. The summed E-state index contributed by atoms with van der Waals surface area (Å²) in [5.41, 5.74) is 0.791. The Morgan fingerprint density at radius 1 is 1.06 bits per heavy atom. The summed E-state index contributed by atoms with van der Waals surface area (Å²) in [6.45, 7) is 0.851. The second-order valence-electron chi connectivity index (χ2n) is 7.12. The molecule has 1 aliphatic rings. The first-order valence-corrected chi connectivity index (χ1v) is 9.55. The van der Waals surface area contributed by atoms with E-state index in [0.29, 0.717) is 30.9 Å². The van der Waals surface area contributed by atoms with Crippen LogP contribution in [0.1, 0.15) is 22.3 Å². The Labute approximate surface area is 175 Å². The third kappa shape index (κ3) is 4.60. The molecule has 1 N–H and O–H groups in total. The fraction of sp³-hybridized carbons (Fsp3) is 0.227. The zero-order valence-electron chi connectivity index (χ0n) is 16.2. The van der Waals surface area contributed by atoms with Crippen molar-refractivity contribution in [1.82, 2.24) is 9.97 Å². The van der Waals surface area contributed by atoms with Gasteiger partial charge in [0.25, 0.3) is 0 Å². The predicted molar refractivity (Wildman–Crippen MR) is 107 cm³/mol. The number of hydrogen-bond acceptors (Lipinski definition) is 5. The number of aromatic carboxylic acids is 1. The van der Waals surface area contributed by atoms with Crippen molar-refractivity contribution < 1.29 is 27.8 Å². The van der Waals surface area contributed by atoms with Crippen molar-refractivity contribution in [2.45, 2.75) is 18.7 Å². The monoisotopic (exact) mass is 429 g/mol. The summed E-state index contributed by atoms with van der Waals surface area (Å²) in [7, 11) is 0. The van der Waals surface area contributed by atoms with E-state index >= 15 is 0 Å². The Morgan fingerprint density at radius 2 is 1.84 bits per heavy atom. The number of ether oxygens (including phenoxy) is 1. The number of anilines is 1. The summed E-state index contributed by atoms with van der Waals surface area (Å²) in [4.78, 5) is 21.8. The van der Waals surface area contributed by atoms with Crippen LogP contribution in [0.3, 0.4) is 0 Å². The molecule has 1 fully saturated rings. The Kier molecular flexibility index (Phi) is 5.50. The van der Waals surface area contributed by atoms with E-state index in [-0.39, 0.29) is 17.5 Å². The van der Waals surface area contributed by atoms with E-state index in [9.17, 15) is 23.1 Å². The van der Waals surface area contributed by atoms with Crippen molar-refractivity contribution in [3.8, 4) is 17.0 Å². The minimum absolute atomic E-state index is 0.0784. The maximum absolute atomic E-state index is 12.7. The lowest BCUT2D eigenvalue weighted by molar-refractivity contribution is -0.137. The van der Waals surface area contributed by atoms with Crippen LogP contribution in [0.15, 0.2) is 60.9 Å². The summed E-state index contributed by atoms with van der Waals surface area (Å²) in [6.07, 6.45) is -1.89. The summed E-state index contributed by atoms with van der Waals surface area (Å²) in [6, 6.07) is 13.0. The lowest BCUT2D eigenvalue weighted by atomic mass is 10.1. The molecule has 31 heavy (non-hydrogen) atoms. The van der Waals surface area contributed by atoms with Gasteiger partial charge in [-0.15, -0.1) is 0 Å². The Morgan fingerprint density at radius 3 is 2.48 bits per heavy atom. The van der Waals surface area contributed by atoms with Crippen LogP contribution in [0.4, 0.5) is 19.0 Å². The fourth-order valence-electron chi connectivity index (χ4n) is 3.46. The van der Waals surface area contributed by atoms with Crippen molar-refractivity contribution in [2.24, 2.45) is 0 Å². The van der Waals surface area contributed by atoms with Crippen molar-refractivity contribution in [1.29, 1.82) is 0 Å². The summed E-state index contributed by atoms with van der Waals surface area (Å²) in [5, 5.41) is 9.69. The van der Waals surface area contributed by atoms with Crippen LogP contribution in [0.5, 0.6) is 5.88 Å². The molecule has 0 bridgehead atoms. The van der Waals surface area contributed by atoms with Gasteiger partial charge in [-0.25, -0.2) is 14.8 Å². The highest BCUT2D eigenvalue weighted by Crippen LogP contribution is 2.31.